The van der Waals surface area contributed by atoms with E-state index in [1.54, 1.807) is 17.0 Å². The molecule has 7 heteroatoms. The first-order chi connectivity index (χ1) is 9.56. The van der Waals surface area contributed by atoms with Crippen molar-refractivity contribution in [3.8, 4) is 11.5 Å². The number of aryl methyl sites for hydroxylation is 1. The predicted octanol–water partition coefficient (Wildman–Crippen LogP) is -0.460. The molecule has 0 unspecified atom stereocenters. The van der Waals surface area contributed by atoms with Crippen molar-refractivity contribution in [3.05, 3.63) is 42.0 Å². The van der Waals surface area contributed by atoms with Crippen LogP contribution in [0.15, 0.2) is 35.7 Å². The summed E-state index contributed by atoms with van der Waals surface area (Å²) in [6.45, 7) is 2.00. The lowest BCUT2D eigenvalue weighted by Crippen LogP contribution is -2.42. The SMILES string of the molecule is Cc1[nH]cc[n+]1CC(=O)NN=Cc1ccc([O-])c(O)c1. The number of hydrogen-bond donors (Lipinski definition) is 3. The molecule has 3 N–H and O–H groups in total. The molecule has 0 aliphatic carbocycles. The second-order valence-corrected chi connectivity index (χ2v) is 4.19. The summed E-state index contributed by atoms with van der Waals surface area (Å²) < 4.78 is 1.74. The molecule has 0 aliphatic rings. The van der Waals surface area contributed by atoms with E-state index in [9.17, 15) is 15.0 Å². The van der Waals surface area contributed by atoms with Gasteiger partial charge in [-0.15, -0.1) is 0 Å². The number of amides is 1. The normalized spacial score (nSPS) is 10.8. The number of H-pyrrole nitrogens is 1. The van der Waals surface area contributed by atoms with E-state index in [1.807, 2.05) is 6.92 Å². The molecule has 0 saturated heterocycles. The van der Waals surface area contributed by atoms with Gasteiger partial charge in [-0.2, -0.15) is 5.10 Å². The maximum Gasteiger partial charge on any atom is 0.282 e. The van der Waals surface area contributed by atoms with Crippen LogP contribution in [0.2, 0.25) is 0 Å². The first-order valence-electron chi connectivity index (χ1n) is 5.91. The maximum absolute atomic E-state index is 11.6. The summed E-state index contributed by atoms with van der Waals surface area (Å²) in [5.41, 5.74) is 2.89. The smallest absolute Gasteiger partial charge is 0.282 e. The first kappa shape index (κ1) is 13.6. The Kier molecular flexibility index (Phi) is 3.99. The number of carbonyl (C=O) groups excluding carboxylic acids is 1. The molecule has 1 aromatic heterocycles. The van der Waals surface area contributed by atoms with E-state index >= 15 is 0 Å². The van der Waals surface area contributed by atoms with Crippen molar-refractivity contribution < 1.29 is 19.6 Å². The Bertz CT molecular complexity index is 649. The van der Waals surface area contributed by atoms with Crippen LogP contribution in [-0.4, -0.2) is 22.2 Å². The first-order valence-corrected chi connectivity index (χ1v) is 5.91. The molecule has 1 aromatic carbocycles. The Morgan fingerprint density at radius 1 is 1.60 bits per heavy atom. The molecule has 2 aromatic rings. The summed E-state index contributed by atoms with van der Waals surface area (Å²) in [7, 11) is 0. The number of nitrogens with one attached hydrogen (secondary N) is 2. The van der Waals surface area contributed by atoms with E-state index in [-0.39, 0.29) is 18.2 Å². The van der Waals surface area contributed by atoms with Crippen molar-refractivity contribution in [1.82, 2.24) is 10.4 Å². The van der Waals surface area contributed by atoms with Crippen LogP contribution in [0.3, 0.4) is 0 Å². The van der Waals surface area contributed by atoms with E-state index in [0.29, 0.717) is 5.56 Å². The highest BCUT2D eigenvalue weighted by Gasteiger charge is 2.09. The van der Waals surface area contributed by atoms with Crippen LogP contribution in [0.1, 0.15) is 11.4 Å². The number of aromatic amines is 1. The van der Waals surface area contributed by atoms with E-state index in [2.05, 4.69) is 15.5 Å². The van der Waals surface area contributed by atoms with Gasteiger partial charge in [0.1, 0.15) is 18.1 Å². The zero-order valence-electron chi connectivity index (χ0n) is 10.8. The fraction of sp³-hybridized carbons (Fsp3) is 0.154. The molecule has 0 saturated carbocycles. The van der Waals surface area contributed by atoms with E-state index < -0.39 is 5.75 Å². The summed E-state index contributed by atoms with van der Waals surface area (Å²) in [5, 5.41) is 24.0. The fourth-order valence-corrected chi connectivity index (χ4v) is 1.60. The third-order valence-corrected chi connectivity index (χ3v) is 2.68. The third-order valence-electron chi connectivity index (χ3n) is 2.68. The molecule has 0 aliphatic heterocycles. The minimum Gasteiger partial charge on any atom is -0.870 e. The van der Waals surface area contributed by atoms with Crippen molar-refractivity contribution in [2.45, 2.75) is 13.5 Å². The van der Waals surface area contributed by atoms with Crippen LogP contribution in [0.5, 0.6) is 11.5 Å². The monoisotopic (exact) mass is 274 g/mol. The van der Waals surface area contributed by atoms with Crippen molar-refractivity contribution >= 4 is 12.1 Å². The average Bonchev–Trinajstić information content (AvgIpc) is 2.79. The maximum atomic E-state index is 11.6. The molecule has 1 amide bonds. The lowest BCUT2D eigenvalue weighted by atomic mass is 10.2. The molecule has 104 valence electrons. The number of benzene rings is 1. The number of phenols is 1. The van der Waals surface area contributed by atoms with Gasteiger partial charge >= 0.3 is 0 Å². The van der Waals surface area contributed by atoms with Gasteiger partial charge in [0.25, 0.3) is 11.7 Å². The van der Waals surface area contributed by atoms with Gasteiger partial charge in [-0.05, 0) is 11.6 Å². The van der Waals surface area contributed by atoms with Crippen LogP contribution in [-0.2, 0) is 11.3 Å². The standard InChI is InChI=1S/C13H14N4O3/c1-9-14-4-5-17(9)8-13(20)16-15-7-10-2-3-11(18)12(19)6-10/h2-7H,8H2,1H3,(H3,15,16,18,19,20). The molecule has 0 bridgehead atoms. The largest absolute Gasteiger partial charge is 0.870 e. The summed E-state index contributed by atoms with van der Waals surface area (Å²) in [6, 6.07) is 4.02. The lowest BCUT2D eigenvalue weighted by molar-refractivity contribution is -0.689. The Morgan fingerprint density at radius 3 is 3.05 bits per heavy atom. The van der Waals surface area contributed by atoms with Gasteiger partial charge in [0.2, 0.25) is 0 Å². The number of carbonyl (C=O) groups is 1. The summed E-state index contributed by atoms with van der Waals surface area (Å²) in [4.78, 5) is 14.6. The van der Waals surface area contributed by atoms with Gasteiger partial charge in [-0.3, -0.25) is 4.79 Å². The average molecular weight is 274 g/mol. The molecule has 0 radical (unpaired) electrons. The topological polar surface area (TPSA) is 104 Å². The number of hydrogen-bond acceptors (Lipinski definition) is 4. The fourth-order valence-electron chi connectivity index (χ4n) is 1.60. The number of nitrogens with zero attached hydrogens (tertiary/aromatic N) is 2. The van der Waals surface area contributed by atoms with Crippen LogP contribution >= 0.6 is 0 Å². The second-order valence-electron chi connectivity index (χ2n) is 4.19. The van der Waals surface area contributed by atoms with Crippen LogP contribution in [0, 0.1) is 6.92 Å². The van der Waals surface area contributed by atoms with Crippen molar-refractivity contribution in [3.63, 3.8) is 0 Å². The number of phenolic OH excluding ortho intramolecular Hbond substituents is 1. The molecule has 0 atom stereocenters. The Morgan fingerprint density at radius 2 is 2.40 bits per heavy atom. The molecule has 0 fully saturated rings. The molecule has 1 heterocycles. The quantitative estimate of drug-likeness (QED) is 0.399. The van der Waals surface area contributed by atoms with Crippen LogP contribution in [0.25, 0.3) is 0 Å². The van der Waals surface area contributed by atoms with Gasteiger partial charge in [0.05, 0.1) is 6.21 Å². The molecule has 20 heavy (non-hydrogen) atoms. The van der Waals surface area contributed by atoms with Gasteiger partial charge in [-0.25, -0.2) is 15.0 Å². The van der Waals surface area contributed by atoms with Gasteiger partial charge in [0, 0.05) is 6.92 Å². The molecular weight excluding hydrogens is 260 g/mol. The number of hydrazone groups is 1. The van der Waals surface area contributed by atoms with E-state index in [4.69, 9.17) is 0 Å². The van der Waals surface area contributed by atoms with Gasteiger partial charge < -0.3 is 10.2 Å². The zero-order chi connectivity index (χ0) is 14.5. The highest BCUT2D eigenvalue weighted by atomic mass is 16.3. The van der Waals surface area contributed by atoms with Gasteiger partial charge in [0.15, 0.2) is 6.54 Å². The van der Waals surface area contributed by atoms with E-state index in [0.717, 1.165) is 5.82 Å². The van der Waals surface area contributed by atoms with Gasteiger partial charge in [-0.1, -0.05) is 17.9 Å². The zero-order valence-corrected chi connectivity index (χ0v) is 10.8. The molecular formula is C13H14N4O3. The van der Waals surface area contributed by atoms with Crippen molar-refractivity contribution in [2.24, 2.45) is 5.10 Å². The summed E-state index contributed by atoms with van der Waals surface area (Å²) >= 11 is 0. The number of aromatic nitrogens is 2. The lowest BCUT2D eigenvalue weighted by Gasteiger charge is -2.07. The van der Waals surface area contributed by atoms with Crippen molar-refractivity contribution in [2.75, 3.05) is 0 Å². The minimum absolute atomic E-state index is 0.150. The van der Waals surface area contributed by atoms with Crippen molar-refractivity contribution in [1.29, 1.82) is 0 Å². The van der Waals surface area contributed by atoms with E-state index in [1.165, 1.54) is 24.4 Å². The second kappa shape index (κ2) is 5.87. The summed E-state index contributed by atoms with van der Waals surface area (Å²) in [5.74, 6) is -0.219. The Hall–Kier alpha value is -2.83. The molecule has 2 rings (SSSR count). The highest BCUT2D eigenvalue weighted by Crippen LogP contribution is 2.21. The van der Waals surface area contributed by atoms with Crippen LogP contribution < -0.4 is 15.1 Å². The number of aromatic hydroxyl groups is 1. The molecule has 7 nitrogen and oxygen atoms in total. The summed E-state index contributed by atoms with van der Waals surface area (Å²) in [6.07, 6.45) is 4.84. The Labute approximate surface area is 115 Å². The number of rotatable bonds is 4. The third kappa shape index (κ3) is 3.35. The van der Waals surface area contributed by atoms with Crippen LogP contribution in [0.4, 0.5) is 0 Å². The predicted molar refractivity (Wildman–Crippen MR) is 69.0 cm³/mol. The number of imidazole rings is 1. The molecule has 0 spiro atoms. The minimum atomic E-state index is -0.453. The Balaban J connectivity index is 1.91. The highest BCUT2D eigenvalue weighted by molar-refractivity contribution is 5.82.